The summed E-state index contributed by atoms with van der Waals surface area (Å²) < 4.78 is 0. The van der Waals surface area contributed by atoms with Crippen LogP contribution in [-0.2, 0) is 20.9 Å². The van der Waals surface area contributed by atoms with Crippen molar-refractivity contribution in [2.75, 3.05) is 31.1 Å². The highest BCUT2D eigenvalue weighted by Gasteiger charge is 2.41. The normalized spacial score (nSPS) is 19.8. The maximum atomic E-state index is 12.9. The number of rotatable bonds is 4. The van der Waals surface area contributed by atoms with Crippen molar-refractivity contribution in [1.82, 2.24) is 9.80 Å². The first-order valence-electron chi connectivity index (χ1n) is 10.0. The molecule has 4 rings (SSSR count). The van der Waals surface area contributed by atoms with Crippen LogP contribution >= 0.6 is 0 Å². The molecule has 2 heterocycles. The zero-order chi connectivity index (χ0) is 20.4. The third-order valence-corrected chi connectivity index (χ3v) is 5.70. The fraction of sp³-hybridized carbons (Fsp3) is 0.348. The van der Waals surface area contributed by atoms with Gasteiger partial charge in [0.25, 0.3) is 0 Å². The van der Waals surface area contributed by atoms with Crippen LogP contribution in [0.25, 0.3) is 0 Å². The van der Waals surface area contributed by atoms with Crippen molar-refractivity contribution >= 4 is 23.4 Å². The monoisotopic (exact) mass is 391 g/mol. The van der Waals surface area contributed by atoms with Crippen molar-refractivity contribution in [3.05, 3.63) is 65.7 Å². The van der Waals surface area contributed by atoms with Gasteiger partial charge in [0.1, 0.15) is 5.92 Å². The van der Waals surface area contributed by atoms with Crippen LogP contribution in [0.3, 0.4) is 0 Å². The minimum absolute atomic E-state index is 0.0415. The van der Waals surface area contributed by atoms with Crippen LogP contribution in [0.4, 0.5) is 5.69 Å². The van der Waals surface area contributed by atoms with Crippen LogP contribution < -0.4 is 4.90 Å². The van der Waals surface area contributed by atoms with Gasteiger partial charge < -0.3 is 14.7 Å². The lowest BCUT2D eigenvalue weighted by atomic mass is 10.1. The Kier molecular flexibility index (Phi) is 5.34. The molecule has 0 spiro atoms. The highest BCUT2D eigenvalue weighted by atomic mass is 16.2. The number of nitrogens with zero attached hydrogens (tertiary/aromatic N) is 3. The molecule has 0 bridgehead atoms. The largest absolute Gasteiger partial charge is 0.335 e. The molecule has 0 aliphatic carbocycles. The average molecular weight is 391 g/mol. The summed E-state index contributed by atoms with van der Waals surface area (Å²) in [6.45, 7) is 4.10. The molecule has 0 aromatic heterocycles. The van der Waals surface area contributed by atoms with Gasteiger partial charge in [-0.1, -0.05) is 48.0 Å². The van der Waals surface area contributed by atoms with Crippen molar-refractivity contribution in [2.45, 2.75) is 19.9 Å². The highest BCUT2D eigenvalue weighted by Crippen LogP contribution is 2.27. The topological polar surface area (TPSA) is 60.9 Å². The molecule has 29 heavy (non-hydrogen) atoms. The summed E-state index contributed by atoms with van der Waals surface area (Å²) in [6.07, 6.45) is 0.490. The standard InChI is InChI=1S/C23H25N3O3/c1-17-7-9-18(10-8-17)15-24-13-14-25(16-21(24)27)22(28)20-11-12-26(23(20)29)19-5-3-2-4-6-19/h2-10,20H,11-16H2,1H3. The van der Waals surface area contributed by atoms with E-state index < -0.39 is 5.92 Å². The van der Waals surface area contributed by atoms with E-state index in [4.69, 9.17) is 0 Å². The zero-order valence-electron chi connectivity index (χ0n) is 16.6. The van der Waals surface area contributed by atoms with Gasteiger partial charge in [-0.2, -0.15) is 0 Å². The minimum atomic E-state index is -0.688. The first-order chi connectivity index (χ1) is 14.0. The van der Waals surface area contributed by atoms with Crippen molar-refractivity contribution in [3.8, 4) is 0 Å². The first-order valence-corrected chi connectivity index (χ1v) is 10.0. The molecule has 3 amide bonds. The van der Waals surface area contributed by atoms with Crippen LogP contribution in [0, 0.1) is 12.8 Å². The quantitative estimate of drug-likeness (QED) is 0.751. The maximum absolute atomic E-state index is 12.9. The number of hydrogen-bond donors (Lipinski definition) is 0. The highest BCUT2D eigenvalue weighted by molar-refractivity contribution is 6.10. The third-order valence-electron chi connectivity index (χ3n) is 5.70. The molecule has 2 saturated heterocycles. The summed E-state index contributed by atoms with van der Waals surface area (Å²) in [5.41, 5.74) is 3.07. The lowest BCUT2D eigenvalue weighted by molar-refractivity contribution is -0.149. The molecular formula is C23H25N3O3. The Labute approximate surface area is 170 Å². The smallest absolute Gasteiger partial charge is 0.242 e. The van der Waals surface area contributed by atoms with E-state index >= 15 is 0 Å². The number of piperazine rings is 1. The van der Waals surface area contributed by atoms with Crippen molar-refractivity contribution in [2.24, 2.45) is 5.92 Å². The predicted molar refractivity (Wildman–Crippen MR) is 110 cm³/mol. The van der Waals surface area contributed by atoms with E-state index in [1.54, 1.807) is 14.7 Å². The molecular weight excluding hydrogens is 366 g/mol. The van der Waals surface area contributed by atoms with Crippen LogP contribution in [0.5, 0.6) is 0 Å². The molecule has 1 unspecified atom stereocenters. The lowest BCUT2D eigenvalue weighted by Crippen LogP contribution is -2.53. The first kappa shape index (κ1) is 19.2. The summed E-state index contributed by atoms with van der Waals surface area (Å²) in [4.78, 5) is 43.3. The lowest BCUT2D eigenvalue weighted by Gasteiger charge is -2.35. The van der Waals surface area contributed by atoms with E-state index in [0.29, 0.717) is 32.6 Å². The van der Waals surface area contributed by atoms with Gasteiger partial charge in [0.15, 0.2) is 0 Å². The van der Waals surface area contributed by atoms with Gasteiger partial charge in [0, 0.05) is 31.9 Å². The molecule has 150 valence electrons. The van der Waals surface area contributed by atoms with Crippen LogP contribution in [0.1, 0.15) is 17.5 Å². The minimum Gasteiger partial charge on any atom is -0.335 e. The van der Waals surface area contributed by atoms with Crippen molar-refractivity contribution in [1.29, 1.82) is 0 Å². The summed E-state index contributed by atoms with van der Waals surface area (Å²) >= 11 is 0. The van der Waals surface area contributed by atoms with E-state index in [9.17, 15) is 14.4 Å². The Balaban J connectivity index is 1.36. The van der Waals surface area contributed by atoms with Gasteiger partial charge in [-0.25, -0.2) is 0 Å². The average Bonchev–Trinajstić information content (AvgIpc) is 3.12. The summed E-state index contributed by atoms with van der Waals surface area (Å²) in [5.74, 6) is -1.16. The maximum Gasteiger partial charge on any atom is 0.242 e. The predicted octanol–water partition coefficient (Wildman–Crippen LogP) is 2.22. The Morgan fingerprint density at radius 2 is 1.69 bits per heavy atom. The molecule has 2 fully saturated rings. The van der Waals surface area contributed by atoms with E-state index in [2.05, 4.69) is 0 Å². The number of benzene rings is 2. The SMILES string of the molecule is Cc1ccc(CN2CCN(C(=O)C3CCN(c4ccccc4)C3=O)CC2=O)cc1. The van der Waals surface area contributed by atoms with Gasteiger partial charge in [-0.05, 0) is 31.0 Å². The van der Waals surface area contributed by atoms with Crippen LogP contribution in [-0.4, -0.2) is 53.7 Å². The second-order valence-electron chi connectivity index (χ2n) is 7.73. The van der Waals surface area contributed by atoms with Gasteiger partial charge in [-0.15, -0.1) is 0 Å². The second-order valence-corrected chi connectivity index (χ2v) is 7.73. The number of carbonyl (C=O) groups excluding carboxylic acids is 3. The number of carbonyl (C=O) groups is 3. The zero-order valence-corrected chi connectivity index (χ0v) is 16.6. The summed E-state index contributed by atoms with van der Waals surface area (Å²) in [7, 11) is 0. The molecule has 1 atom stereocenters. The molecule has 2 aromatic rings. The molecule has 0 N–H and O–H groups in total. The molecule has 6 nitrogen and oxygen atoms in total. The Hall–Kier alpha value is -3.15. The van der Waals surface area contributed by atoms with E-state index in [-0.39, 0.29) is 24.3 Å². The summed E-state index contributed by atoms with van der Waals surface area (Å²) in [6, 6.07) is 17.5. The van der Waals surface area contributed by atoms with Crippen molar-refractivity contribution in [3.63, 3.8) is 0 Å². The third kappa shape index (κ3) is 4.01. The molecule has 6 heteroatoms. The number of aryl methyl sites for hydroxylation is 1. The number of para-hydroxylation sites is 1. The Bertz CT molecular complexity index is 911. The fourth-order valence-corrected chi connectivity index (χ4v) is 3.97. The van der Waals surface area contributed by atoms with Crippen molar-refractivity contribution < 1.29 is 14.4 Å². The molecule has 2 aromatic carbocycles. The fourth-order valence-electron chi connectivity index (χ4n) is 3.97. The van der Waals surface area contributed by atoms with Gasteiger partial charge >= 0.3 is 0 Å². The molecule has 0 saturated carbocycles. The van der Waals surface area contributed by atoms with E-state index in [1.165, 1.54) is 5.56 Å². The molecule has 2 aliphatic heterocycles. The Morgan fingerprint density at radius 3 is 2.38 bits per heavy atom. The molecule has 2 aliphatic rings. The summed E-state index contributed by atoms with van der Waals surface area (Å²) in [5, 5.41) is 0. The van der Waals surface area contributed by atoms with E-state index in [1.807, 2.05) is 61.5 Å². The van der Waals surface area contributed by atoms with Gasteiger partial charge in [0.05, 0.1) is 6.54 Å². The van der Waals surface area contributed by atoms with Crippen LogP contribution in [0.2, 0.25) is 0 Å². The van der Waals surface area contributed by atoms with Gasteiger partial charge in [-0.3, -0.25) is 14.4 Å². The van der Waals surface area contributed by atoms with Gasteiger partial charge in [0.2, 0.25) is 17.7 Å². The number of anilines is 1. The Morgan fingerprint density at radius 1 is 0.966 bits per heavy atom. The van der Waals surface area contributed by atoms with Crippen LogP contribution in [0.15, 0.2) is 54.6 Å². The molecule has 0 radical (unpaired) electrons. The van der Waals surface area contributed by atoms with E-state index in [0.717, 1.165) is 11.3 Å². The number of amides is 3. The number of hydrogen-bond acceptors (Lipinski definition) is 3. The second kappa shape index (κ2) is 8.07.